The molecule has 0 unspecified atom stereocenters. The highest BCUT2D eigenvalue weighted by molar-refractivity contribution is 5.51. The van der Waals surface area contributed by atoms with E-state index in [1.807, 2.05) is 0 Å². The van der Waals surface area contributed by atoms with Crippen LogP contribution in [-0.4, -0.2) is 5.11 Å². The molecule has 0 radical (unpaired) electrons. The standard InChI is InChI=1S/C25H45NO/c1-21(2,3)15-25(26,16-22(4,5)6)17-13-18(23(7,8)9)20(27)19(14-17)24(10,11)12/h13-14,27H,15-16,26H2,1-12H3. The van der Waals surface area contributed by atoms with E-state index in [1.54, 1.807) is 0 Å². The molecule has 2 heteroatoms. The van der Waals surface area contributed by atoms with Crippen LogP contribution in [-0.2, 0) is 16.4 Å². The molecule has 156 valence electrons. The summed E-state index contributed by atoms with van der Waals surface area (Å²) in [6.07, 6.45) is 1.80. The predicted molar refractivity (Wildman–Crippen MR) is 120 cm³/mol. The Labute approximate surface area is 168 Å². The van der Waals surface area contributed by atoms with Gasteiger partial charge < -0.3 is 10.8 Å². The molecule has 0 aliphatic carbocycles. The molecular weight excluding hydrogens is 330 g/mol. The van der Waals surface area contributed by atoms with Gasteiger partial charge in [0.1, 0.15) is 5.75 Å². The lowest BCUT2D eigenvalue weighted by molar-refractivity contribution is 0.183. The number of hydrogen-bond acceptors (Lipinski definition) is 2. The van der Waals surface area contributed by atoms with Gasteiger partial charge in [0.25, 0.3) is 0 Å². The van der Waals surface area contributed by atoms with Crippen LogP contribution in [0.4, 0.5) is 0 Å². The van der Waals surface area contributed by atoms with Gasteiger partial charge in [0.2, 0.25) is 0 Å². The van der Waals surface area contributed by atoms with Gasteiger partial charge in [0.15, 0.2) is 0 Å². The average Bonchev–Trinajstić information content (AvgIpc) is 2.30. The summed E-state index contributed by atoms with van der Waals surface area (Å²) in [7, 11) is 0. The highest BCUT2D eigenvalue weighted by atomic mass is 16.3. The van der Waals surface area contributed by atoms with Crippen LogP contribution in [0.3, 0.4) is 0 Å². The van der Waals surface area contributed by atoms with E-state index < -0.39 is 5.54 Å². The van der Waals surface area contributed by atoms with E-state index in [-0.39, 0.29) is 21.7 Å². The summed E-state index contributed by atoms with van der Waals surface area (Å²) in [4.78, 5) is 0. The fraction of sp³-hybridized carbons (Fsp3) is 0.760. The molecule has 0 aliphatic heterocycles. The molecule has 0 aliphatic rings. The lowest BCUT2D eigenvalue weighted by atomic mass is 9.67. The number of phenols is 1. The van der Waals surface area contributed by atoms with Gasteiger partial charge in [-0.05, 0) is 63.3 Å². The van der Waals surface area contributed by atoms with Gasteiger partial charge in [-0.2, -0.15) is 0 Å². The lowest BCUT2D eigenvalue weighted by Gasteiger charge is -2.42. The minimum Gasteiger partial charge on any atom is -0.507 e. The van der Waals surface area contributed by atoms with Crippen LogP contribution in [0.25, 0.3) is 0 Å². The molecule has 2 nitrogen and oxygen atoms in total. The van der Waals surface area contributed by atoms with Crippen molar-refractivity contribution in [3.05, 3.63) is 28.8 Å². The maximum absolute atomic E-state index is 11.1. The smallest absolute Gasteiger partial charge is 0.123 e. The van der Waals surface area contributed by atoms with E-state index >= 15 is 0 Å². The van der Waals surface area contributed by atoms with Crippen LogP contribution >= 0.6 is 0 Å². The minimum absolute atomic E-state index is 0.113. The number of benzene rings is 1. The van der Waals surface area contributed by atoms with Crippen molar-refractivity contribution >= 4 is 0 Å². The summed E-state index contributed by atoms with van der Waals surface area (Å²) in [5, 5.41) is 11.1. The first-order valence-electron chi connectivity index (χ1n) is 10.3. The summed E-state index contributed by atoms with van der Waals surface area (Å²) in [5.41, 5.74) is 9.80. The van der Waals surface area contributed by atoms with Crippen LogP contribution in [0.15, 0.2) is 12.1 Å². The molecule has 0 saturated heterocycles. The Morgan fingerprint density at radius 2 is 0.963 bits per heavy atom. The molecular formula is C25H45NO. The molecule has 0 bridgehead atoms. The fourth-order valence-electron chi connectivity index (χ4n) is 4.22. The Morgan fingerprint density at radius 1 is 0.667 bits per heavy atom. The Balaban J connectivity index is 3.81. The van der Waals surface area contributed by atoms with Crippen LogP contribution in [0, 0.1) is 10.8 Å². The summed E-state index contributed by atoms with van der Waals surface area (Å²) < 4.78 is 0. The molecule has 1 rings (SSSR count). The van der Waals surface area contributed by atoms with Crippen molar-refractivity contribution in [1.82, 2.24) is 0 Å². The molecule has 1 aromatic carbocycles. The second-order valence-electron chi connectivity index (χ2n) is 13.1. The summed E-state index contributed by atoms with van der Waals surface area (Å²) in [5.74, 6) is 0.424. The van der Waals surface area contributed by atoms with E-state index in [9.17, 15) is 5.11 Å². The minimum atomic E-state index is -0.440. The van der Waals surface area contributed by atoms with Crippen molar-refractivity contribution in [2.24, 2.45) is 16.6 Å². The maximum atomic E-state index is 11.1. The molecule has 3 N–H and O–H groups in total. The molecule has 0 amide bonds. The van der Waals surface area contributed by atoms with Crippen molar-refractivity contribution in [2.75, 3.05) is 0 Å². The van der Waals surface area contributed by atoms with Gasteiger partial charge >= 0.3 is 0 Å². The van der Waals surface area contributed by atoms with Crippen molar-refractivity contribution in [3.8, 4) is 5.75 Å². The first-order valence-corrected chi connectivity index (χ1v) is 10.3. The molecule has 0 atom stereocenters. The van der Waals surface area contributed by atoms with E-state index in [0.29, 0.717) is 5.75 Å². The zero-order valence-electron chi connectivity index (χ0n) is 20.1. The van der Waals surface area contributed by atoms with Gasteiger partial charge in [0.05, 0.1) is 0 Å². The molecule has 0 aromatic heterocycles. The third kappa shape index (κ3) is 6.52. The summed E-state index contributed by atoms with van der Waals surface area (Å²) in [6.45, 7) is 26.5. The fourth-order valence-corrected chi connectivity index (χ4v) is 4.22. The highest BCUT2D eigenvalue weighted by Crippen LogP contribution is 2.46. The zero-order chi connectivity index (χ0) is 21.6. The summed E-state index contributed by atoms with van der Waals surface area (Å²) >= 11 is 0. The van der Waals surface area contributed by atoms with Gasteiger partial charge in [0, 0.05) is 5.54 Å². The number of rotatable bonds is 3. The second kappa shape index (κ2) is 7.10. The number of aromatic hydroxyl groups is 1. The van der Waals surface area contributed by atoms with Gasteiger partial charge in [-0.3, -0.25) is 0 Å². The Morgan fingerprint density at radius 3 is 1.19 bits per heavy atom. The Bertz CT molecular complexity index is 607. The van der Waals surface area contributed by atoms with E-state index in [2.05, 4.69) is 95.2 Å². The number of phenolic OH excluding ortho intramolecular Hbond substituents is 1. The SMILES string of the molecule is CC(C)(C)CC(N)(CC(C)(C)C)c1cc(C(C)(C)C)c(O)c(C(C)(C)C)c1. The first-order chi connectivity index (χ1) is 11.7. The van der Waals surface area contributed by atoms with Crippen LogP contribution in [0.1, 0.15) is 113 Å². The van der Waals surface area contributed by atoms with E-state index in [4.69, 9.17) is 5.73 Å². The third-order valence-electron chi connectivity index (χ3n) is 4.99. The van der Waals surface area contributed by atoms with E-state index in [1.165, 1.54) is 0 Å². The van der Waals surface area contributed by atoms with Crippen molar-refractivity contribution in [1.29, 1.82) is 0 Å². The molecule has 0 spiro atoms. The normalized spacial score (nSPS) is 14.6. The van der Waals surface area contributed by atoms with Crippen molar-refractivity contribution in [3.63, 3.8) is 0 Å². The monoisotopic (exact) mass is 375 g/mol. The zero-order valence-corrected chi connectivity index (χ0v) is 20.1. The van der Waals surface area contributed by atoms with Crippen molar-refractivity contribution < 1.29 is 5.11 Å². The van der Waals surface area contributed by atoms with Gasteiger partial charge in [-0.15, -0.1) is 0 Å². The average molecular weight is 376 g/mol. The van der Waals surface area contributed by atoms with Crippen molar-refractivity contribution in [2.45, 2.75) is 112 Å². The summed E-state index contributed by atoms with van der Waals surface area (Å²) in [6, 6.07) is 4.34. The Hall–Kier alpha value is -1.02. The van der Waals surface area contributed by atoms with Crippen LogP contribution in [0.5, 0.6) is 5.75 Å². The lowest BCUT2D eigenvalue weighted by Crippen LogP contribution is -2.43. The van der Waals surface area contributed by atoms with E-state index in [0.717, 1.165) is 29.5 Å². The largest absolute Gasteiger partial charge is 0.507 e. The number of hydrogen-bond donors (Lipinski definition) is 2. The topological polar surface area (TPSA) is 46.2 Å². The molecule has 1 aromatic rings. The quantitative estimate of drug-likeness (QED) is 0.596. The first kappa shape index (κ1) is 24.0. The Kier molecular flexibility index (Phi) is 6.32. The highest BCUT2D eigenvalue weighted by Gasteiger charge is 2.38. The van der Waals surface area contributed by atoms with Gasteiger partial charge in [-0.25, -0.2) is 0 Å². The third-order valence-corrected chi connectivity index (χ3v) is 4.99. The maximum Gasteiger partial charge on any atom is 0.123 e. The number of nitrogens with two attached hydrogens (primary N) is 1. The molecule has 27 heavy (non-hydrogen) atoms. The van der Waals surface area contributed by atoms with Crippen LogP contribution in [0.2, 0.25) is 0 Å². The molecule has 0 fully saturated rings. The predicted octanol–water partition coefficient (Wildman–Crippen LogP) is 7.01. The molecule has 0 saturated carbocycles. The van der Waals surface area contributed by atoms with Gasteiger partial charge in [-0.1, -0.05) is 83.1 Å². The van der Waals surface area contributed by atoms with Crippen LogP contribution < -0.4 is 5.73 Å². The second-order valence-corrected chi connectivity index (χ2v) is 13.1. The molecule has 0 heterocycles.